The molecule has 92 valence electrons. The number of hydrogen-bond donors (Lipinski definition) is 1. The first-order valence-corrected chi connectivity index (χ1v) is 5.27. The normalized spacial score (nSPS) is 10.1. The third-order valence-corrected chi connectivity index (χ3v) is 2.55. The molecule has 5 heteroatoms. The Hall–Kier alpha value is -2.43. The first-order valence-electron chi connectivity index (χ1n) is 5.27. The molecule has 0 spiro atoms. The summed E-state index contributed by atoms with van der Waals surface area (Å²) in [6.07, 6.45) is 1.52. The Morgan fingerprint density at radius 1 is 1.28 bits per heavy atom. The van der Waals surface area contributed by atoms with Gasteiger partial charge in [-0.3, -0.25) is 0 Å². The van der Waals surface area contributed by atoms with Crippen molar-refractivity contribution in [1.29, 1.82) is 0 Å². The standard InChI is InChI=1S/C13H11FN2O2/c1-16(10-6-4-9(14)5-7-10)12-11(13(17)18)3-2-8-15-12/h2-8H,1H3,(H,17,18). The van der Waals surface area contributed by atoms with Gasteiger partial charge in [-0.25, -0.2) is 14.2 Å². The summed E-state index contributed by atoms with van der Waals surface area (Å²) < 4.78 is 12.8. The molecule has 0 aliphatic carbocycles. The van der Waals surface area contributed by atoms with E-state index in [1.165, 1.54) is 24.4 Å². The van der Waals surface area contributed by atoms with E-state index < -0.39 is 5.97 Å². The van der Waals surface area contributed by atoms with E-state index in [1.807, 2.05) is 0 Å². The molecule has 0 saturated heterocycles. The fourth-order valence-corrected chi connectivity index (χ4v) is 1.62. The fraction of sp³-hybridized carbons (Fsp3) is 0.0769. The van der Waals surface area contributed by atoms with Crippen LogP contribution in [-0.2, 0) is 0 Å². The van der Waals surface area contributed by atoms with Gasteiger partial charge in [0.1, 0.15) is 17.2 Å². The van der Waals surface area contributed by atoms with Crippen LogP contribution in [0.15, 0.2) is 42.6 Å². The highest BCUT2D eigenvalue weighted by Crippen LogP contribution is 2.24. The Morgan fingerprint density at radius 3 is 2.56 bits per heavy atom. The molecular formula is C13H11FN2O2. The molecule has 0 aliphatic heterocycles. The average Bonchev–Trinajstić information content (AvgIpc) is 2.39. The van der Waals surface area contributed by atoms with Crippen LogP contribution in [0.25, 0.3) is 0 Å². The van der Waals surface area contributed by atoms with Gasteiger partial charge < -0.3 is 10.0 Å². The lowest BCUT2D eigenvalue weighted by Gasteiger charge is -2.19. The highest BCUT2D eigenvalue weighted by atomic mass is 19.1. The number of nitrogens with zero attached hydrogens (tertiary/aromatic N) is 2. The molecule has 0 atom stereocenters. The summed E-state index contributed by atoms with van der Waals surface area (Å²) in [5.41, 5.74) is 0.766. The molecule has 1 aromatic heterocycles. The Morgan fingerprint density at radius 2 is 1.94 bits per heavy atom. The van der Waals surface area contributed by atoms with Crippen molar-refractivity contribution in [3.05, 3.63) is 54.0 Å². The van der Waals surface area contributed by atoms with E-state index >= 15 is 0 Å². The van der Waals surface area contributed by atoms with E-state index in [9.17, 15) is 9.18 Å². The number of carbonyl (C=O) groups is 1. The zero-order valence-electron chi connectivity index (χ0n) is 9.67. The van der Waals surface area contributed by atoms with Crippen molar-refractivity contribution >= 4 is 17.5 Å². The van der Waals surface area contributed by atoms with Crippen molar-refractivity contribution in [3.63, 3.8) is 0 Å². The lowest BCUT2D eigenvalue weighted by molar-refractivity contribution is 0.0697. The topological polar surface area (TPSA) is 53.4 Å². The highest BCUT2D eigenvalue weighted by Gasteiger charge is 2.15. The zero-order valence-corrected chi connectivity index (χ0v) is 9.67. The van der Waals surface area contributed by atoms with Crippen LogP contribution in [0.1, 0.15) is 10.4 Å². The van der Waals surface area contributed by atoms with E-state index in [2.05, 4.69) is 4.98 Å². The first-order chi connectivity index (χ1) is 8.59. The maximum atomic E-state index is 12.8. The van der Waals surface area contributed by atoms with Gasteiger partial charge in [-0.2, -0.15) is 0 Å². The smallest absolute Gasteiger partial charge is 0.339 e. The van der Waals surface area contributed by atoms with Gasteiger partial charge in [-0.05, 0) is 36.4 Å². The van der Waals surface area contributed by atoms with Crippen LogP contribution in [0.5, 0.6) is 0 Å². The number of anilines is 2. The summed E-state index contributed by atoms with van der Waals surface area (Å²) in [6.45, 7) is 0. The minimum absolute atomic E-state index is 0.101. The molecule has 1 aromatic carbocycles. The first kappa shape index (κ1) is 12.0. The fourth-order valence-electron chi connectivity index (χ4n) is 1.62. The number of pyridine rings is 1. The highest BCUT2D eigenvalue weighted by molar-refractivity contribution is 5.94. The second-order valence-corrected chi connectivity index (χ2v) is 3.72. The molecule has 0 unspecified atom stereocenters. The molecule has 0 aliphatic rings. The van der Waals surface area contributed by atoms with Gasteiger partial charge in [0.25, 0.3) is 0 Å². The predicted octanol–water partition coefficient (Wildman–Crippen LogP) is 2.69. The quantitative estimate of drug-likeness (QED) is 0.904. The van der Waals surface area contributed by atoms with Crippen LogP contribution in [0, 0.1) is 5.82 Å². The zero-order chi connectivity index (χ0) is 13.1. The van der Waals surface area contributed by atoms with Crippen LogP contribution in [-0.4, -0.2) is 23.1 Å². The van der Waals surface area contributed by atoms with Gasteiger partial charge >= 0.3 is 5.97 Å². The van der Waals surface area contributed by atoms with Gasteiger partial charge in [-0.15, -0.1) is 0 Å². The Bertz CT molecular complexity index is 569. The van der Waals surface area contributed by atoms with Crippen molar-refractivity contribution in [2.24, 2.45) is 0 Å². The summed E-state index contributed by atoms with van der Waals surface area (Å²) >= 11 is 0. The van der Waals surface area contributed by atoms with Crippen molar-refractivity contribution in [2.75, 3.05) is 11.9 Å². The van der Waals surface area contributed by atoms with Gasteiger partial charge in [0, 0.05) is 18.9 Å². The third kappa shape index (κ3) is 2.29. The number of benzene rings is 1. The Labute approximate surface area is 103 Å². The van der Waals surface area contributed by atoms with E-state index in [-0.39, 0.29) is 11.4 Å². The molecule has 1 N–H and O–H groups in total. The summed E-state index contributed by atoms with van der Waals surface area (Å²) in [4.78, 5) is 16.7. The molecule has 2 rings (SSSR count). The molecular weight excluding hydrogens is 235 g/mol. The second kappa shape index (κ2) is 4.83. The predicted molar refractivity (Wildman–Crippen MR) is 65.7 cm³/mol. The van der Waals surface area contributed by atoms with E-state index in [0.717, 1.165) is 0 Å². The lowest BCUT2D eigenvalue weighted by atomic mass is 10.2. The van der Waals surface area contributed by atoms with E-state index in [1.54, 1.807) is 30.1 Å². The van der Waals surface area contributed by atoms with Crippen molar-refractivity contribution in [3.8, 4) is 0 Å². The minimum atomic E-state index is -1.05. The Balaban J connectivity index is 2.42. The second-order valence-electron chi connectivity index (χ2n) is 3.72. The average molecular weight is 246 g/mol. The van der Waals surface area contributed by atoms with Crippen LogP contribution in [0.4, 0.5) is 15.9 Å². The van der Waals surface area contributed by atoms with Gasteiger partial charge in [0.2, 0.25) is 0 Å². The number of aromatic nitrogens is 1. The Kier molecular flexibility index (Phi) is 3.23. The molecule has 1 heterocycles. The van der Waals surface area contributed by atoms with E-state index in [0.29, 0.717) is 11.5 Å². The molecule has 0 fully saturated rings. The third-order valence-electron chi connectivity index (χ3n) is 2.55. The molecule has 2 aromatic rings. The largest absolute Gasteiger partial charge is 0.478 e. The number of aromatic carboxylic acids is 1. The van der Waals surface area contributed by atoms with Gasteiger partial charge in [0.15, 0.2) is 0 Å². The molecule has 18 heavy (non-hydrogen) atoms. The van der Waals surface area contributed by atoms with Gasteiger partial charge in [-0.1, -0.05) is 0 Å². The maximum Gasteiger partial charge on any atom is 0.339 e. The van der Waals surface area contributed by atoms with Crippen molar-refractivity contribution in [1.82, 2.24) is 4.98 Å². The number of carboxylic acids is 1. The number of halogens is 1. The molecule has 0 radical (unpaired) electrons. The van der Waals surface area contributed by atoms with Gasteiger partial charge in [0.05, 0.1) is 0 Å². The summed E-state index contributed by atoms with van der Waals surface area (Å²) in [5.74, 6) is -1.07. The van der Waals surface area contributed by atoms with Crippen LogP contribution >= 0.6 is 0 Å². The minimum Gasteiger partial charge on any atom is -0.478 e. The van der Waals surface area contributed by atoms with Crippen LogP contribution in [0.2, 0.25) is 0 Å². The van der Waals surface area contributed by atoms with Crippen LogP contribution in [0.3, 0.4) is 0 Å². The summed E-state index contributed by atoms with van der Waals surface area (Å²) in [5, 5.41) is 9.08. The molecule has 0 bridgehead atoms. The molecule has 4 nitrogen and oxygen atoms in total. The summed E-state index contributed by atoms with van der Waals surface area (Å²) in [7, 11) is 1.68. The van der Waals surface area contributed by atoms with Crippen molar-refractivity contribution < 1.29 is 14.3 Å². The van der Waals surface area contributed by atoms with Crippen molar-refractivity contribution in [2.45, 2.75) is 0 Å². The maximum absolute atomic E-state index is 12.8. The molecule has 0 amide bonds. The summed E-state index contributed by atoms with van der Waals surface area (Å²) in [6, 6.07) is 8.80. The number of hydrogen-bond acceptors (Lipinski definition) is 3. The monoisotopic (exact) mass is 246 g/mol. The van der Waals surface area contributed by atoms with Crippen LogP contribution < -0.4 is 4.90 Å². The number of carboxylic acid groups (broad SMARTS) is 1. The lowest BCUT2D eigenvalue weighted by Crippen LogP contribution is -2.15. The SMILES string of the molecule is CN(c1ccc(F)cc1)c1ncccc1C(=O)O. The number of rotatable bonds is 3. The molecule has 0 saturated carbocycles. The van der Waals surface area contributed by atoms with E-state index in [4.69, 9.17) is 5.11 Å².